The molecule has 0 radical (unpaired) electrons. The highest BCUT2D eigenvalue weighted by Crippen LogP contribution is 2.20. The summed E-state index contributed by atoms with van der Waals surface area (Å²) in [5.74, 6) is 1.53. The van der Waals surface area contributed by atoms with Crippen molar-refractivity contribution < 1.29 is 0 Å². The number of nitrogens with two attached hydrogens (primary N) is 1. The van der Waals surface area contributed by atoms with Crippen molar-refractivity contribution in [3.8, 4) is 0 Å². The molecule has 1 heterocycles. The Morgan fingerprint density at radius 2 is 1.61 bits per heavy atom. The highest BCUT2D eigenvalue weighted by molar-refractivity contribution is 5.33. The van der Waals surface area contributed by atoms with Crippen LogP contribution < -0.4 is 10.6 Å². The van der Waals surface area contributed by atoms with Gasteiger partial charge in [0, 0.05) is 20.6 Å². The summed E-state index contributed by atoms with van der Waals surface area (Å²) in [6, 6.07) is 8.76. The molecular weight excluding hydrogens is 288 g/mol. The first kappa shape index (κ1) is 17.1. The Morgan fingerprint density at radius 3 is 2.17 bits per heavy atom. The van der Waals surface area contributed by atoms with E-state index >= 15 is 0 Å². The van der Waals surface area contributed by atoms with Crippen molar-refractivity contribution in [2.24, 2.45) is 0 Å². The fourth-order valence-electron chi connectivity index (χ4n) is 2.29. The molecule has 1 aromatic carbocycles. The van der Waals surface area contributed by atoms with Crippen LogP contribution in [-0.2, 0) is 13.0 Å². The van der Waals surface area contributed by atoms with E-state index in [1.165, 1.54) is 11.1 Å². The smallest absolute Gasteiger partial charge is 0.229 e. The van der Waals surface area contributed by atoms with Crippen LogP contribution in [0.15, 0.2) is 24.3 Å². The molecule has 6 heteroatoms. The monoisotopic (exact) mass is 314 g/mol. The summed E-state index contributed by atoms with van der Waals surface area (Å²) in [6.45, 7) is 5.07. The van der Waals surface area contributed by atoms with Crippen LogP contribution in [0.5, 0.6) is 0 Å². The lowest BCUT2D eigenvalue weighted by Crippen LogP contribution is -2.25. The van der Waals surface area contributed by atoms with E-state index in [-0.39, 0.29) is 12.0 Å². The molecule has 1 atom stereocenters. The Hall–Kier alpha value is -2.21. The Balaban J connectivity index is 2.13. The van der Waals surface area contributed by atoms with Gasteiger partial charge in [-0.2, -0.15) is 15.0 Å². The standard InChI is InChI=1S/C17H26N6/c1-6-13-7-9-14(10-8-13)11-23(5)12(2)15-19-16(18)21-17(20-15)22(3)4/h7-10,12H,6,11H2,1-5H3,(H2,18,19,20,21)/t12-/m1/s1. The average Bonchev–Trinajstić information content (AvgIpc) is 2.54. The molecule has 0 aliphatic carbocycles. The number of hydrogen-bond donors (Lipinski definition) is 1. The van der Waals surface area contributed by atoms with Gasteiger partial charge in [-0.25, -0.2) is 0 Å². The summed E-state index contributed by atoms with van der Waals surface area (Å²) < 4.78 is 0. The van der Waals surface area contributed by atoms with Crippen LogP contribution in [0.3, 0.4) is 0 Å². The van der Waals surface area contributed by atoms with Gasteiger partial charge in [0.2, 0.25) is 11.9 Å². The molecule has 0 aliphatic rings. The topological polar surface area (TPSA) is 71.2 Å². The Morgan fingerprint density at radius 1 is 1.00 bits per heavy atom. The number of aryl methyl sites for hydroxylation is 1. The Labute approximate surface area is 138 Å². The molecule has 124 valence electrons. The number of benzene rings is 1. The van der Waals surface area contributed by atoms with Crippen molar-refractivity contribution >= 4 is 11.9 Å². The molecule has 2 N–H and O–H groups in total. The quantitative estimate of drug-likeness (QED) is 0.882. The highest BCUT2D eigenvalue weighted by atomic mass is 15.3. The third-order valence-electron chi connectivity index (χ3n) is 3.96. The number of rotatable bonds is 6. The van der Waals surface area contributed by atoms with Gasteiger partial charge in [-0.3, -0.25) is 4.90 Å². The molecule has 6 nitrogen and oxygen atoms in total. The number of hydrogen-bond acceptors (Lipinski definition) is 6. The molecule has 2 rings (SSSR count). The minimum atomic E-state index is 0.0462. The SMILES string of the molecule is CCc1ccc(CN(C)[C@H](C)c2nc(N)nc(N(C)C)n2)cc1. The number of nitrogen functional groups attached to an aromatic ring is 1. The molecule has 1 aromatic heterocycles. The van der Waals surface area contributed by atoms with Gasteiger partial charge < -0.3 is 10.6 Å². The lowest BCUT2D eigenvalue weighted by atomic mass is 10.1. The first-order chi connectivity index (χ1) is 10.9. The van der Waals surface area contributed by atoms with Gasteiger partial charge in [-0.05, 0) is 31.5 Å². The zero-order valence-electron chi connectivity index (χ0n) is 14.6. The summed E-state index contributed by atoms with van der Waals surface area (Å²) in [6.07, 6.45) is 1.06. The van der Waals surface area contributed by atoms with Gasteiger partial charge in [0.25, 0.3) is 0 Å². The van der Waals surface area contributed by atoms with Crippen molar-refractivity contribution in [3.05, 3.63) is 41.2 Å². The second-order valence-corrected chi connectivity index (χ2v) is 6.01. The number of anilines is 2. The van der Waals surface area contributed by atoms with Crippen LogP contribution in [0.4, 0.5) is 11.9 Å². The molecule has 2 aromatic rings. The van der Waals surface area contributed by atoms with Crippen LogP contribution in [0, 0.1) is 0 Å². The van der Waals surface area contributed by atoms with Crippen molar-refractivity contribution in [1.29, 1.82) is 0 Å². The fourth-order valence-corrected chi connectivity index (χ4v) is 2.29. The zero-order valence-corrected chi connectivity index (χ0v) is 14.6. The van der Waals surface area contributed by atoms with Gasteiger partial charge in [-0.15, -0.1) is 0 Å². The van der Waals surface area contributed by atoms with Gasteiger partial charge in [0.15, 0.2) is 5.82 Å². The molecule has 23 heavy (non-hydrogen) atoms. The molecule has 0 unspecified atom stereocenters. The van der Waals surface area contributed by atoms with E-state index in [1.54, 1.807) is 0 Å². The summed E-state index contributed by atoms with van der Waals surface area (Å²) in [7, 11) is 5.85. The molecular formula is C17H26N6. The molecule has 0 spiro atoms. The maximum absolute atomic E-state index is 5.81. The Bertz CT molecular complexity index is 638. The molecule has 0 saturated carbocycles. The summed E-state index contributed by atoms with van der Waals surface area (Å²) in [4.78, 5) is 17.0. The summed E-state index contributed by atoms with van der Waals surface area (Å²) in [5, 5.41) is 0. The largest absolute Gasteiger partial charge is 0.368 e. The van der Waals surface area contributed by atoms with Crippen LogP contribution in [-0.4, -0.2) is 41.0 Å². The third kappa shape index (κ3) is 4.39. The van der Waals surface area contributed by atoms with Crippen molar-refractivity contribution in [2.45, 2.75) is 32.9 Å². The molecule has 0 fully saturated rings. The van der Waals surface area contributed by atoms with Gasteiger partial charge in [0.05, 0.1) is 6.04 Å². The first-order valence-corrected chi connectivity index (χ1v) is 7.87. The molecule has 0 amide bonds. The van der Waals surface area contributed by atoms with E-state index in [9.17, 15) is 0 Å². The van der Waals surface area contributed by atoms with Crippen LogP contribution in [0.1, 0.15) is 36.8 Å². The molecule has 0 bridgehead atoms. The van der Waals surface area contributed by atoms with Crippen molar-refractivity contribution in [2.75, 3.05) is 31.8 Å². The third-order valence-corrected chi connectivity index (χ3v) is 3.96. The van der Waals surface area contributed by atoms with Crippen molar-refractivity contribution in [1.82, 2.24) is 19.9 Å². The minimum absolute atomic E-state index is 0.0462. The zero-order chi connectivity index (χ0) is 17.0. The van der Waals surface area contributed by atoms with Gasteiger partial charge >= 0.3 is 0 Å². The lowest BCUT2D eigenvalue weighted by molar-refractivity contribution is 0.243. The second-order valence-electron chi connectivity index (χ2n) is 6.01. The van der Waals surface area contributed by atoms with E-state index in [0.717, 1.165) is 13.0 Å². The molecule has 0 saturated heterocycles. The minimum Gasteiger partial charge on any atom is -0.368 e. The van der Waals surface area contributed by atoms with E-state index in [2.05, 4.69) is 65.0 Å². The van der Waals surface area contributed by atoms with E-state index in [4.69, 9.17) is 5.73 Å². The average molecular weight is 314 g/mol. The maximum Gasteiger partial charge on any atom is 0.229 e. The summed E-state index contributed by atoms with van der Waals surface area (Å²) in [5.41, 5.74) is 8.43. The second kappa shape index (κ2) is 7.37. The first-order valence-electron chi connectivity index (χ1n) is 7.87. The van der Waals surface area contributed by atoms with Crippen LogP contribution in [0.25, 0.3) is 0 Å². The predicted octanol–water partition coefficient (Wildman–Crippen LogP) is 2.28. The van der Waals surface area contributed by atoms with Gasteiger partial charge in [0.1, 0.15) is 0 Å². The highest BCUT2D eigenvalue weighted by Gasteiger charge is 2.17. The lowest BCUT2D eigenvalue weighted by Gasteiger charge is -2.24. The van der Waals surface area contributed by atoms with Crippen LogP contribution >= 0.6 is 0 Å². The molecule has 0 aliphatic heterocycles. The van der Waals surface area contributed by atoms with Crippen molar-refractivity contribution in [3.63, 3.8) is 0 Å². The number of nitrogens with zero attached hydrogens (tertiary/aromatic N) is 5. The van der Waals surface area contributed by atoms with E-state index < -0.39 is 0 Å². The fraction of sp³-hybridized carbons (Fsp3) is 0.471. The summed E-state index contributed by atoms with van der Waals surface area (Å²) >= 11 is 0. The van der Waals surface area contributed by atoms with Crippen LogP contribution in [0.2, 0.25) is 0 Å². The maximum atomic E-state index is 5.81. The number of aromatic nitrogens is 3. The van der Waals surface area contributed by atoms with E-state index in [0.29, 0.717) is 11.8 Å². The van der Waals surface area contributed by atoms with Gasteiger partial charge in [-0.1, -0.05) is 31.2 Å². The Kier molecular flexibility index (Phi) is 5.50. The predicted molar refractivity (Wildman–Crippen MR) is 94.3 cm³/mol. The van der Waals surface area contributed by atoms with E-state index in [1.807, 2.05) is 19.0 Å². The normalized spacial score (nSPS) is 12.4.